The first-order valence-electron chi connectivity index (χ1n) is 11.7. The number of hydrogen-bond donors (Lipinski definition) is 0. The number of carbonyl (C=O) groups excluding carboxylic acids is 1. The normalized spacial score (nSPS) is 17.4. The minimum absolute atomic E-state index is 0.00416. The number of rotatable bonds is 8. The third-order valence-electron chi connectivity index (χ3n) is 6.86. The van der Waals surface area contributed by atoms with E-state index < -0.39 is 0 Å². The second-order valence-corrected chi connectivity index (χ2v) is 8.58. The van der Waals surface area contributed by atoms with Gasteiger partial charge in [-0.25, -0.2) is 0 Å². The average molecular weight is 438 g/mol. The van der Waals surface area contributed by atoms with Gasteiger partial charge in [0, 0.05) is 49.5 Å². The van der Waals surface area contributed by atoms with Crippen molar-refractivity contribution in [1.29, 1.82) is 0 Å². The van der Waals surface area contributed by atoms with E-state index in [1.807, 2.05) is 29.2 Å². The summed E-state index contributed by atoms with van der Waals surface area (Å²) in [6.45, 7) is 10.3. The molecule has 172 valence electrons. The van der Waals surface area contributed by atoms with Crippen molar-refractivity contribution in [2.45, 2.75) is 39.3 Å². The predicted molar refractivity (Wildman–Crippen MR) is 128 cm³/mol. The van der Waals surface area contributed by atoms with E-state index in [1.54, 1.807) is 14.2 Å². The number of methoxy groups -OCH3 is 2. The van der Waals surface area contributed by atoms with Gasteiger partial charge in [-0.05, 0) is 42.8 Å². The number of piperazine rings is 1. The van der Waals surface area contributed by atoms with Gasteiger partial charge >= 0.3 is 0 Å². The molecule has 0 aliphatic carbocycles. The molecule has 4 rings (SSSR count). The number of nitrogens with zero attached hydrogens (tertiary/aromatic N) is 3. The summed E-state index contributed by atoms with van der Waals surface area (Å²) in [5.74, 6) is 1.53. The molecule has 1 atom stereocenters. The molecule has 0 bridgehead atoms. The lowest BCUT2D eigenvalue weighted by Gasteiger charge is -2.36. The Hall–Kier alpha value is -2.73. The Balaban J connectivity index is 1.63. The molecule has 0 spiro atoms. The van der Waals surface area contributed by atoms with Crippen LogP contribution in [0.2, 0.25) is 0 Å². The highest BCUT2D eigenvalue weighted by Crippen LogP contribution is 2.40. The molecule has 32 heavy (non-hydrogen) atoms. The summed E-state index contributed by atoms with van der Waals surface area (Å²) in [4.78, 5) is 20.5. The Morgan fingerprint density at radius 2 is 1.72 bits per heavy atom. The summed E-state index contributed by atoms with van der Waals surface area (Å²) in [6, 6.07) is 12.2. The lowest BCUT2D eigenvalue weighted by Crippen LogP contribution is -2.46. The number of likely N-dealkylation sites (N-methyl/N-ethyl adjacent to an activating group) is 1. The molecule has 6 nitrogen and oxygen atoms in total. The Kier molecular flexibility index (Phi) is 6.89. The molecule has 2 aromatic rings. The van der Waals surface area contributed by atoms with Crippen molar-refractivity contribution in [2.24, 2.45) is 0 Å². The number of hydrogen-bond acceptors (Lipinski definition) is 5. The number of ether oxygens (including phenoxy) is 2. The van der Waals surface area contributed by atoms with Gasteiger partial charge in [-0.15, -0.1) is 0 Å². The second kappa shape index (κ2) is 9.82. The lowest BCUT2D eigenvalue weighted by molar-refractivity contribution is 0.0690. The summed E-state index contributed by atoms with van der Waals surface area (Å²) >= 11 is 0. The average Bonchev–Trinajstić information content (AvgIpc) is 3.18. The molecular formula is C26H35N3O3. The van der Waals surface area contributed by atoms with Gasteiger partial charge in [0.2, 0.25) is 0 Å². The van der Waals surface area contributed by atoms with Gasteiger partial charge in [-0.1, -0.05) is 32.4 Å². The Morgan fingerprint density at radius 3 is 2.38 bits per heavy atom. The van der Waals surface area contributed by atoms with Crippen molar-refractivity contribution < 1.29 is 14.3 Å². The third kappa shape index (κ3) is 4.16. The van der Waals surface area contributed by atoms with Gasteiger partial charge < -0.3 is 24.2 Å². The topological polar surface area (TPSA) is 45.3 Å². The van der Waals surface area contributed by atoms with E-state index in [1.165, 1.54) is 11.3 Å². The van der Waals surface area contributed by atoms with Crippen LogP contribution in [0.4, 0.5) is 5.69 Å². The van der Waals surface area contributed by atoms with Crippen LogP contribution in [0.3, 0.4) is 0 Å². The van der Waals surface area contributed by atoms with E-state index in [2.05, 4.69) is 35.8 Å². The molecule has 2 aliphatic heterocycles. The van der Waals surface area contributed by atoms with Crippen molar-refractivity contribution in [3.8, 4) is 11.5 Å². The minimum atomic E-state index is 0.00416. The number of anilines is 1. The quantitative estimate of drug-likeness (QED) is 0.615. The molecule has 2 heterocycles. The van der Waals surface area contributed by atoms with Crippen LogP contribution in [0.15, 0.2) is 36.4 Å². The fraction of sp³-hybridized carbons (Fsp3) is 0.500. The van der Waals surface area contributed by atoms with Crippen LogP contribution in [-0.2, 0) is 6.54 Å². The fourth-order valence-electron chi connectivity index (χ4n) is 5.03. The molecule has 6 heteroatoms. The molecule has 0 N–H and O–H groups in total. The zero-order valence-electron chi connectivity index (χ0n) is 19.8. The van der Waals surface area contributed by atoms with E-state index >= 15 is 0 Å². The van der Waals surface area contributed by atoms with Crippen LogP contribution in [0, 0.1) is 0 Å². The summed E-state index contributed by atoms with van der Waals surface area (Å²) in [7, 11) is 3.29. The molecular weight excluding hydrogens is 402 g/mol. The fourth-order valence-corrected chi connectivity index (χ4v) is 5.03. The number of benzene rings is 2. The number of fused-ring (bicyclic) bond motifs is 1. The molecule has 1 saturated heterocycles. The first-order chi connectivity index (χ1) is 15.6. The van der Waals surface area contributed by atoms with Gasteiger partial charge in [-0.2, -0.15) is 0 Å². The summed E-state index contributed by atoms with van der Waals surface area (Å²) in [6.07, 6.45) is 1.89. The van der Waals surface area contributed by atoms with Crippen LogP contribution in [0.1, 0.15) is 54.2 Å². The monoisotopic (exact) mass is 437 g/mol. The highest BCUT2D eigenvalue weighted by atomic mass is 16.5. The molecule has 0 saturated carbocycles. The molecule has 2 aliphatic rings. The van der Waals surface area contributed by atoms with E-state index in [4.69, 9.17) is 9.47 Å². The molecule has 1 unspecified atom stereocenters. The maximum atomic E-state index is 13.5. The highest BCUT2D eigenvalue weighted by Gasteiger charge is 2.36. The lowest BCUT2D eigenvalue weighted by atomic mass is 10.00. The number of amides is 1. The van der Waals surface area contributed by atoms with Crippen LogP contribution in [0.25, 0.3) is 0 Å². The van der Waals surface area contributed by atoms with Gasteiger partial charge in [-0.3, -0.25) is 4.79 Å². The molecule has 2 aromatic carbocycles. The second-order valence-electron chi connectivity index (χ2n) is 8.58. The maximum Gasteiger partial charge on any atom is 0.255 e. The molecule has 1 fully saturated rings. The SMILES string of the molecule is CCCC(c1ccc(OC)c(OC)c1)N1Cc2c(cccc2N2CCN(CC)CC2)C1=O. The zero-order chi connectivity index (χ0) is 22.7. The van der Waals surface area contributed by atoms with Crippen molar-refractivity contribution in [3.05, 3.63) is 53.1 Å². The number of carbonyl (C=O) groups is 1. The Labute approximate surface area is 191 Å². The van der Waals surface area contributed by atoms with E-state index in [-0.39, 0.29) is 11.9 Å². The van der Waals surface area contributed by atoms with Gasteiger partial charge in [0.1, 0.15) is 0 Å². The summed E-state index contributed by atoms with van der Waals surface area (Å²) < 4.78 is 10.9. The van der Waals surface area contributed by atoms with Gasteiger partial charge in [0.05, 0.1) is 20.3 Å². The van der Waals surface area contributed by atoms with Crippen LogP contribution in [0.5, 0.6) is 11.5 Å². The van der Waals surface area contributed by atoms with E-state index in [0.717, 1.165) is 56.7 Å². The molecule has 0 aromatic heterocycles. The summed E-state index contributed by atoms with van der Waals surface area (Å²) in [5, 5.41) is 0. The predicted octanol–water partition coefficient (Wildman–Crippen LogP) is 4.34. The molecule has 0 radical (unpaired) electrons. The molecule has 1 amide bonds. The van der Waals surface area contributed by atoms with E-state index in [9.17, 15) is 4.79 Å². The van der Waals surface area contributed by atoms with E-state index in [0.29, 0.717) is 18.0 Å². The van der Waals surface area contributed by atoms with Crippen LogP contribution < -0.4 is 14.4 Å². The third-order valence-corrected chi connectivity index (χ3v) is 6.86. The van der Waals surface area contributed by atoms with Crippen molar-refractivity contribution in [3.63, 3.8) is 0 Å². The van der Waals surface area contributed by atoms with Crippen LogP contribution >= 0.6 is 0 Å². The van der Waals surface area contributed by atoms with Crippen molar-refractivity contribution in [2.75, 3.05) is 51.8 Å². The zero-order valence-corrected chi connectivity index (χ0v) is 19.8. The highest BCUT2D eigenvalue weighted by molar-refractivity contribution is 6.00. The Morgan fingerprint density at radius 1 is 0.969 bits per heavy atom. The largest absolute Gasteiger partial charge is 0.493 e. The minimum Gasteiger partial charge on any atom is -0.493 e. The first kappa shape index (κ1) is 22.5. The van der Waals surface area contributed by atoms with Crippen molar-refractivity contribution >= 4 is 11.6 Å². The smallest absolute Gasteiger partial charge is 0.255 e. The Bertz CT molecular complexity index is 953. The first-order valence-corrected chi connectivity index (χ1v) is 11.7. The standard InChI is InChI=1S/C26H35N3O3/c1-5-8-22(19-11-12-24(31-3)25(17-19)32-4)29-18-21-20(26(29)30)9-7-10-23(21)28-15-13-27(6-2)14-16-28/h7,9-12,17,22H,5-6,8,13-16,18H2,1-4H3. The van der Waals surface area contributed by atoms with Gasteiger partial charge in [0.25, 0.3) is 5.91 Å². The van der Waals surface area contributed by atoms with Gasteiger partial charge in [0.15, 0.2) is 11.5 Å². The van der Waals surface area contributed by atoms with Crippen molar-refractivity contribution in [1.82, 2.24) is 9.80 Å². The van der Waals surface area contributed by atoms with Crippen LogP contribution in [-0.4, -0.2) is 62.7 Å². The maximum absolute atomic E-state index is 13.5. The summed E-state index contributed by atoms with van der Waals surface area (Å²) in [5.41, 5.74) is 4.33.